The Morgan fingerprint density at radius 2 is 1.79 bits per heavy atom. The summed E-state index contributed by atoms with van der Waals surface area (Å²) in [5, 5.41) is 14.9. The fourth-order valence-electron chi connectivity index (χ4n) is 2.93. The second-order valence-corrected chi connectivity index (χ2v) is 8.27. The highest BCUT2D eigenvalue weighted by atomic mass is 32.2. The summed E-state index contributed by atoms with van der Waals surface area (Å²) in [7, 11) is -2.32. The fourth-order valence-corrected chi connectivity index (χ4v) is 3.92. The molecule has 0 bridgehead atoms. The van der Waals surface area contributed by atoms with Gasteiger partial charge >= 0.3 is 5.91 Å². The van der Waals surface area contributed by atoms with Gasteiger partial charge in [0.25, 0.3) is 5.69 Å². The largest absolute Gasteiger partial charge is 0.451 e. The topological polar surface area (TPSA) is 129 Å². The molecule has 3 rings (SSSR count). The summed E-state index contributed by atoms with van der Waals surface area (Å²) < 4.78 is 32.5. The Bertz CT molecular complexity index is 1210. The first-order chi connectivity index (χ1) is 13.5. The summed E-state index contributed by atoms with van der Waals surface area (Å²) in [6, 6.07) is 8.44. The third-order valence-electron chi connectivity index (χ3n) is 4.37. The molecule has 0 spiro atoms. The Labute approximate surface area is 166 Å². The predicted molar refractivity (Wildman–Crippen MR) is 105 cm³/mol. The zero-order valence-corrected chi connectivity index (χ0v) is 16.9. The maximum Gasteiger partial charge on any atom is 0.307 e. The Morgan fingerprint density at radius 3 is 2.28 bits per heavy atom. The Morgan fingerprint density at radius 1 is 1.17 bits per heavy atom. The number of nitro groups is 1. The molecule has 0 radical (unpaired) electrons. The first-order valence-electron chi connectivity index (χ1n) is 8.40. The highest BCUT2D eigenvalue weighted by molar-refractivity contribution is 7.92. The molecule has 0 unspecified atom stereocenters. The van der Waals surface area contributed by atoms with Crippen LogP contribution in [0.15, 0.2) is 40.8 Å². The molecular weight excluding hydrogens is 400 g/mol. The quantitative estimate of drug-likeness (QED) is 0.460. The van der Waals surface area contributed by atoms with Crippen LogP contribution in [0.3, 0.4) is 0 Å². The Kier molecular flexibility index (Phi) is 5.01. The molecule has 0 aliphatic carbocycles. The number of nitrogens with zero attached hydrogens (tertiary/aromatic N) is 4. The summed E-state index contributed by atoms with van der Waals surface area (Å²) >= 11 is 0. The van der Waals surface area contributed by atoms with Crippen molar-refractivity contribution in [3.63, 3.8) is 0 Å². The summed E-state index contributed by atoms with van der Waals surface area (Å²) in [5.41, 5.74) is 1.49. The molecule has 3 aromatic rings. The molecule has 0 aliphatic heterocycles. The van der Waals surface area contributed by atoms with Crippen LogP contribution in [-0.2, 0) is 17.1 Å². The van der Waals surface area contributed by atoms with Crippen molar-refractivity contribution in [2.45, 2.75) is 13.8 Å². The molecule has 0 atom stereocenters. The minimum Gasteiger partial charge on any atom is -0.451 e. The van der Waals surface area contributed by atoms with E-state index in [4.69, 9.17) is 4.42 Å². The van der Waals surface area contributed by atoms with Crippen molar-refractivity contribution in [3.05, 3.63) is 63.7 Å². The highest BCUT2D eigenvalue weighted by Gasteiger charge is 2.33. The number of hydrogen-bond donors (Lipinski definition) is 0. The van der Waals surface area contributed by atoms with Crippen LogP contribution >= 0.6 is 0 Å². The number of furan rings is 1. The summed E-state index contributed by atoms with van der Waals surface area (Å²) in [6.45, 7) is 3.27. The first kappa shape index (κ1) is 20.3. The van der Waals surface area contributed by atoms with Crippen LogP contribution < -0.4 is 4.31 Å². The van der Waals surface area contributed by atoms with Gasteiger partial charge in [0, 0.05) is 24.7 Å². The van der Waals surface area contributed by atoms with E-state index in [-0.39, 0.29) is 22.9 Å². The van der Waals surface area contributed by atoms with Gasteiger partial charge in [0.1, 0.15) is 11.4 Å². The molecule has 1 aromatic carbocycles. The van der Waals surface area contributed by atoms with E-state index in [1.807, 2.05) is 0 Å². The van der Waals surface area contributed by atoms with Gasteiger partial charge in [-0.25, -0.2) is 8.42 Å². The van der Waals surface area contributed by atoms with E-state index < -0.39 is 20.9 Å². The number of sulfonamides is 1. The van der Waals surface area contributed by atoms with Crippen LogP contribution in [0.1, 0.15) is 21.9 Å². The van der Waals surface area contributed by atoms with Gasteiger partial charge in [-0.05, 0) is 38.1 Å². The Balaban J connectivity index is 2.01. The van der Waals surface area contributed by atoms with Gasteiger partial charge < -0.3 is 4.42 Å². The smallest absolute Gasteiger partial charge is 0.307 e. The highest BCUT2D eigenvalue weighted by Crippen LogP contribution is 2.30. The van der Waals surface area contributed by atoms with Crippen LogP contribution in [0.2, 0.25) is 0 Å². The number of anilines is 1. The third-order valence-corrected chi connectivity index (χ3v) is 5.38. The lowest BCUT2D eigenvalue weighted by Gasteiger charge is -2.19. The lowest BCUT2D eigenvalue weighted by atomic mass is 10.1. The van der Waals surface area contributed by atoms with Crippen molar-refractivity contribution < 1.29 is 22.6 Å². The second-order valence-electron chi connectivity index (χ2n) is 6.44. The normalized spacial score (nSPS) is 11.4. The number of benzene rings is 1. The molecule has 1 amide bonds. The summed E-state index contributed by atoms with van der Waals surface area (Å²) in [4.78, 5) is 23.3. The van der Waals surface area contributed by atoms with Gasteiger partial charge in [0.05, 0.1) is 22.6 Å². The van der Waals surface area contributed by atoms with Gasteiger partial charge in [-0.15, -0.1) is 0 Å². The van der Waals surface area contributed by atoms with Crippen molar-refractivity contribution in [1.82, 2.24) is 9.78 Å². The standard InChI is InChI=1S/C18H18N4O6S/c1-11-17(12(2)20(3)19-11)21(29(4,26)27)18(23)16-10-9-15(28-16)13-5-7-14(8-6-13)22(24)25/h5-10H,1-4H3. The Hall–Kier alpha value is -3.47. The van der Waals surface area contributed by atoms with E-state index in [0.29, 0.717) is 21.3 Å². The molecule has 0 fully saturated rings. The summed E-state index contributed by atoms with van der Waals surface area (Å²) in [6.07, 6.45) is 0.928. The molecular formula is C18H18N4O6S. The van der Waals surface area contributed by atoms with Gasteiger partial charge in [0.15, 0.2) is 5.76 Å². The number of aromatic nitrogens is 2. The molecule has 2 aromatic heterocycles. The monoisotopic (exact) mass is 418 g/mol. The first-order valence-corrected chi connectivity index (χ1v) is 10.2. The minimum absolute atomic E-state index is 0.0811. The number of aryl methyl sites for hydroxylation is 2. The lowest BCUT2D eigenvalue weighted by molar-refractivity contribution is -0.384. The van der Waals surface area contributed by atoms with Gasteiger partial charge in [-0.1, -0.05) is 0 Å². The molecule has 10 nitrogen and oxygen atoms in total. The molecule has 152 valence electrons. The molecule has 0 saturated carbocycles. The van der Waals surface area contributed by atoms with Gasteiger partial charge in [0.2, 0.25) is 10.0 Å². The minimum atomic E-state index is -3.97. The number of carbonyl (C=O) groups excluding carboxylic acids is 1. The molecule has 11 heteroatoms. The zero-order valence-electron chi connectivity index (χ0n) is 16.1. The second kappa shape index (κ2) is 7.17. The number of non-ortho nitro benzene ring substituents is 1. The van der Waals surface area contributed by atoms with Gasteiger partial charge in [-0.2, -0.15) is 9.40 Å². The predicted octanol–water partition coefficient (Wildman–Crippen LogP) is 2.81. The van der Waals surface area contributed by atoms with Crippen LogP contribution in [0, 0.1) is 24.0 Å². The van der Waals surface area contributed by atoms with Crippen LogP contribution in [-0.4, -0.2) is 35.3 Å². The van der Waals surface area contributed by atoms with E-state index in [1.54, 1.807) is 20.9 Å². The number of amides is 1. The van der Waals surface area contributed by atoms with Gasteiger partial charge in [-0.3, -0.25) is 19.6 Å². The molecule has 29 heavy (non-hydrogen) atoms. The van der Waals surface area contributed by atoms with Crippen molar-refractivity contribution in [2.75, 3.05) is 10.6 Å². The van der Waals surface area contributed by atoms with E-state index in [9.17, 15) is 23.3 Å². The average molecular weight is 418 g/mol. The van der Waals surface area contributed by atoms with E-state index in [2.05, 4.69) is 5.10 Å². The maximum absolute atomic E-state index is 13.0. The van der Waals surface area contributed by atoms with Crippen LogP contribution in [0.4, 0.5) is 11.4 Å². The molecule has 0 aliphatic rings. The number of nitro benzene ring substituents is 1. The van der Waals surface area contributed by atoms with Crippen LogP contribution in [0.25, 0.3) is 11.3 Å². The molecule has 2 heterocycles. The SMILES string of the molecule is Cc1nn(C)c(C)c1N(C(=O)c1ccc(-c2ccc([N+](=O)[O-])cc2)o1)S(C)(=O)=O. The zero-order chi connectivity index (χ0) is 21.5. The average Bonchev–Trinajstić information content (AvgIpc) is 3.22. The van der Waals surface area contributed by atoms with E-state index in [0.717, 1.165) is 6.26 Å². The third kappa shape index (κ3) is 3.76. The van der Waals surface area contributed by atoms with Crippen molar-refractivity contribution in [2.24, 2.45) is 7.05 Å². The van der Waals surface area contributed by atoms with E-state index in [1.165, 1.54) is 41.1 Å². The number of carbonyl (C=O) groups is 1. The maximum atomic E-state index is 13.0. The van der Waals surface area contributed by atoms with Crippen LogP contribution in [0.5, 0.6) is 0 Å². The number of rotatable bonds is 5. The number of hydrogen-bond acceptors (Lipinski definition) is 7. The van der Waals surface area contributed by atoms with Crippen molar-refractivity contribution >= 4 is 27.3 Å². The lowest BCUT2D eigenvalue weighted by Crippen LogP contribution is -2.36. The summed E-state index contributed by atoms with van der Waals surface area (Å²) in [5.74, 6) is -0.775. The fraction of sp³-hybridized carbons (Fsp3) is 0.222. The molecule has 0 saturated heterocycles. The van der Waals surface area contributed by atoms with E-state index >= 15 is 0 Å². The molecule has 0 N–H and O–H groups in total. The van der Waals surface area contributed by atoms with Crippen molar-refractivity contribution in [3.8, 4) is 11.3 Å². The van der Waals surface area contributed by atoms with Crippen molar-refractivity contribution in [1.29, 1.82) is 0 Å².